The summed E-state index contributed by atoms with van der Waals surface area (Å²) in [7, 11) is 3.09. The molecular formula is C19H20N2O4. The summed E-state index contributed by atoms with van der Waals surface area (Å²) in [5.41, 5.74) is 2.48. The molecular weight excluding hydrogens is 320 g/mol. The molecule has 0 saturated heterocycles. The second kappa shape index (κ2) is 7.17. The van der Waals surface area contributed by atoms with Crippen LogP contribution in [0.2, 0.25) is 0 Å². The topological polar surface area (TPSA) is 83.6 Å². The molecule has 0 saturated carbocycles. The lowest BCUT2D eigenvalue weighted by Crippen LogP contribution is -2.25. The standard InChI is InChI=1S/C19H20N2O4/c1-24-17-6-3-12(9-18(17)25-2)19(23)20-8-7-13-11-21-16-10-14(22)4-5-15(13)16/h3-6,9-11,21-22H,7-8H2,1-2H3,(H,20,23). The number of methoxy groups -OCH3 is 2. The van der Waals surface area contributed by atoms with Gasteiger partial charge in [0.05, 0.1) is 14.2 Å². The number of phenols is 1. The minimum absolute atomic E-state index is 0.168. The summed E-state index contributed by atoms with van der Waals surface area (Å²) >= 11 is 0. The van der Waals surface area contributed by atoms with E-state index >= 15 is 0 Å². The lowest BCUT2D eigenvalue weighted by molar-refractivity contribution is 0.0953. The third-order valence-corrected chi connectivity index (χ3v) is 4.08. The van der Waals surface area contributed by atoms with Crippen LogP contribution in [0.4, 0.5) is 0 Å². The highest BCUT2D eigenvalue weighted by atomic mass is 16.5. The van der Waals surface area contributed by atoms with E-state index in [0.717, 1.165) is 16.5 Å². The molecule has 3 rings (SSSR count). The third kappa shape index (κ3) is 3.52. The van der Waals surface area contributed by atoms with E-state index in [9.17, 15) is 9.90 Å². The lowest BCUT2D eigenvalue weighted by Gasteiger charge is -2.10. The molecule has 3 N–H and O–H groups in total. The van der Waals surface area contributed by atoms with Gasteiger partial charge in [-0.1, -0.05) is 0 Å². The van der Waals surface area contributed by atoms with E-state index in [1.54, 1.807) is 37.4 Å². The summed E-state index contributed by atoms with van der Waals surface area (Å²) in [6.07, 6.45) is 2.58. The Morgan fingerprint density at radius 1 is 1.12 bits per heavy atom. The molecule has 0 unspecified atom stereocenters. The second-order valence-electron chi connectivity index (χ2n) is 5.62. The number of carbonyl (C=O) groups is 1. The van der Waals surface area contributed by atoms with Crippen LogP contribution >= 0.6 is 0 Å². The fourth-order valence-corrected chi connectivity index (χ4v) is 2.77. The van der Waals surface area contributed by atoms with E-state index in [2.05, 4.69) is 10.3 Å². The van der Waals surface area contributed by atoms with Crippen molar-refractivity contribution in [2.45, 2.75) is 6.42 Å². The summed E-state index contributed by atoms with van der Waals surface area (Å²) in [6.45, 7) is 0.501. The van der Waals surface area contributed by atoms with Crippen molar-refractivity contribution >= 4 is 16.8 Å². The van der Waals surface area contributed by atoms with Crippen LogP contribution in [-0.2, 0) is 6.42 Å². The van der Waals surface area contributed by atoms with Gasteiger partial charge >= 0.3 is 0 Å². The van der Waals surface area contributed by atoms with Crippen LogP contribution in [0.5, 0.6) is 17.2 Å². The fraction of sp³-hybridized carbons (Fsp3) is 0.211. The molecule has 0 aliphatic carbocycles. The van der Waals surface area contributed by atoms with Gasteiger partial charge in [0.2, 0.25) is 0 Å². The van der Waals surface area contributed by atoms with Crippen LogP contribution in [0, 0.1) is 0 Å². The molecule has 0 aliphatic heterocycles. The number of hydrogen-bond donors (Lipinski definition) is 3. The minimum Gasteiger partial charge on any atom is -0.508 e. The second-order valence-corrected chi connectivity index (χ2v) is 5.62. The molecule has 3 aromatic rings. The Kier molecular flexibility index (Phi) is 4.79. The van der Waals surface area contributed by atoms with Crippen molar-refractivity contribution in [3.05, 3.63) is 53.7 Å². The van der Waals surface area contributed by atoms with Gasteiger partial charge in [-0.05, 0) is 42.3 Å². The smallest absolute Gasteiger partial charge is 0.251 e. The molecule has 0 bridgehead atoms. The molecule has 130 valence electrons. The largest absolute Gasteiger partial charge is 0.508 e. The van der Waals surface area contributed by atoms with Crippen LogP contribution in [0.1, 0.15) is 15.9 Å². The van der Waals surface area contributed by atoms with Crippen molar-refractivity contribution in [2.75, 3.05) is 20.8 Å². The van der Waals surface area contributed by atoms with E-state index < -0.39 is 0 Å². The molecule has 6 nitrogen and oxygen atoms in total. The number of phenolic OH excluding ortho intramolecular Hbond substituents is 1. The first-order chi connectivity index (χ1) is 12.1. The number of nitrogens with one attached hydrogen (secondary N) is 2. The van der Waals surface area contributed by atoms with Crippen LogP contribution in [-0.4, -0.2) is 36.8 Å². The van der Waals surface area contributed by atoms with Crippen molar-refractivity contribution < 1.29 is 19.4 Å². The first-order valence-electron chi connectivity index (χ1n) is 7.91. The Bertz CT molecular complexity index is 902. The average Bonchev–Trinajstić information content (AvgIpc) is 3.03. The van der Waals surface area contributed by atoms with Gasteiger partial charge in [-0.25, -0.2) is 0 Å². The lowest BCUT2D eigenvalue weighted by atomic mass is 10.1. The number of rotatable bonds is 6. The molecule has 1 aromatic heterocycles. The Morgan fingerprint density at radius 3 is 2.68 bits per heavy atom. The zero-order chi connectivity index (χ0) is 17.8. The van der Waals surface area contributed by atoms with E-state index in [0.29, 0.717) is 30.0 Å². The highest BCUT2D eigenvalue weighted by Gasteiger charge is 2.11. The van der Waals surface area contributed by atoms with E-state index in [1.165, 1.54) is 7.11 Å². The normalized spacial score (nSPS) is 10.6. The summed E-state index contributed by atoms with van der Waals surface area (Å²) in [5.74, 6) is 1.16. The molecule has 0 fully saturated rings. The predicted molar refractivity (Wildman–Crippen MR) is 95.5 cm³/mol. The van der Waals surface area contributed by atoms with Crippen molar-refractivity contribution in [3.63, 3.8) is 0 Å². The molecule has 0 atom stereocenters. The number of amides is 1. The fourth-order valence-electron chi connectivity index (χ4n) is 2.77. The third-order valence-electron chi connectivity index (χ3n) is 4.08. The molecule has 1 amide bonds. The van der Waals surface area contributed by atoms with Gasteiger partial charge in [0.25, 0.3) is 5.91 Å². The number of ether oxygens (including phenoxy) is 2. The summed E-state index contributed by atoms with van der Waals surface area (Å²) < 4.78 is 10.4. The van der Waals surface area contributed by atoms with Crippen LogP contribution in [0.3, 0.4) is 0 Å². The van der Waals surface area contributed by atoms with E-state index in [4.69, 9.17) is 9.47 Å². The maximum atomic E-state index is 12.3. The Hall–Kier alpha value is -3.15. The summed E-state index contributed by atoms with van der Waals surface area (Å²) in [6, 6.07) is 10.3. The maximum Gasteiger partial charge on any atom is 0.251 e. The molecule has 0 radical (unpaired) electrons. The maximum absolute atomic E-state index is 12.3. The van der Waals surface area contributed by atoms with Gasteiger partial charge in [-0.3, -0.25) is 4.79 Å². The van der Waals surface area contributed by atoms with E-state index in [1.807, 2.05) is 12.3 Å². The highest BCUT2D eigenvalue weighted by Crippen LogP contribution is 2.27. The molecule has 0 spiro atoms. The highest BCUT2D eigenvalue weighted by molar-refractivity contribution is 5.95. The molecule has 2 aromatic carbocycles. The number of benzene rings is 2. The number of carbonyl (C=O) groups excluding carboxylic acids is 1. The van der Waals surface area contributed by atoms with Gasteiger partial charge in [-0.2, -0.15) is 0 Å². The first-order valence-corrected chi connectivity index (χ1v) is 7.91. The number of fused-ring (bicyclic) bond motifs is 1. The number of aromatic nitrogens is 1. The number of hydrogen-bond acceptors (Lipinski definition) is 4. The minimum atomic E-state index is -0.168. The number of H-pyrrole nitrogens is 1. The summed E-state index contributed by atoms with van der Waals surface area (Å²) in [5, 5.41) is 13.4. The number of aromatic amines is 1. The monoisotopic (exact) mass is 340 g/mol. The van der Waals surface area contributed by atoms with Crippen molar-refractivity contribution in [1.82, 2.24) is 10.3 Å². The predicted octanol–water partition coefficient (Wildman–Crippen LogP) is 2.86. The quantitative estimate of drug-likeness (QED) is 0.644. The molecule has 25 heavy (non-hydrogen) atoms. The van der Waals surface area contributed by atoms with Gasteiger partial charge in [-0.15, -0.1) is 0 Å². The van der Waals surface area contributed by atoms with Gasteiger partial charge in [0.15, 0.2) is 11.5 Å². The first kappa shape index (κ1) is 16.7. The SMILES string of the molecule is COc1ccc(C(=O)NCCc2c[nH]c3cc(O)ccc23)cc1OC. The summed E-state index contributed by atoms with van der Waals surface area (Å²) in [4.78, 5) is 15.4. The van der Waals surface area contributed by atoms with Crippen LogP contribution in [0.15, 0.2) is 42.6 Å². The number of aromatic hydroxyl groups is 1. The zero-order valence-electron chi connectivity index (χ0n) is 14.1. The van der Waals surface area contributed by atoms with Gasteiger partial charge in [0.1, 0.15) is 5.75 Å². The van der Waals surface area contributed by atoms with E-state index in [-0.39, 0.29) is 11.7 Å². The Morgan fingerprint density at radius 2 is 1.92 bits per heavy atom. The van der Waals surface area contributed by atoms with Crippen LogP contribution in [0.25, 0.3) is 10.9 Å². The molecule has 1 heterocycles. The Labute approximate surface area is 145 Å². The molecule has 6 heteroatoms. The van der Waals surface area contributed by atoms with Crippen molar-refractivity contribution in [2.24, 2.45) is 0 Å². The van der Waals surface area contributed by atoms with Crippen LogP contribution < -0.4 is 14.8 Å². The van der Waals surface area contributed by atoms with Gasteiger partial charge < -0.3 is 24.9 Å². The van der Waals surface area contributed by atoms with Gasteiger partial charge in [0, 0.05) is 35.3 Å². The zero-order valence-corrected chi connectivity index (χ0v) is 14.1. The van der Waals surface area contributed by atoms with Crippen molar-refractivity contribution in [3.8, 4) is 17.2 Å². The average molecular weight is 340 g/mol. The molecule has 0 aliphatic rings. The van der Waals surface area contributed by atoms with Crippen molar-refractivity contribution in [1.29, 1.82) is 0 Å². The Balaban J connectivity index is 1.64.